The molecule has 2 rings (SSSR count). The Morgan fingerprint density at radius 3 is 2.41 bits per heavy atom. The molecule has 13 nitrogen and oxygen atoms in total. The Balaban J connectivity index is 2.73. The van der Waals surface area contributed by atoms with E-state index >= 15 is 0 Å². The molecular formula is C36H52N4O9. The molecule has 0 aromatic carbocycles. The molecule has 2 bridgehead atoms. The zero-order chi connectivity index (χ0) is 36.8. The number of amides is 2. The summed E-state index contributed by atoms with van der Waals surface area (Å²) in [7, 11) is 6.65. The van der Waals surface area contributed by atoms with E-state index in [2.05, 4.69) is 17.2 Å². The van der Waals surface area contributed by atoms with Crippen molar-refractivity contribution >= 4 is 29.5 Å². The molecule has 49 heavy (non-hydrogen) atoms. The lowest BCUT2D eigenvalue weighted by molar-refractivity contribution is -0.160. The number of nitrogens with zero attached hydrogens (tertiary/aromatic N) is 1. The fourth-order valence-electron chi connectivity index (χ4n) is 5.65. The van der Waals surface area contributed by atoms with Gasteiger partial charge in [0.15, 0.2) is 6.10 Å². The van der Waals surface area contributed by atoms with E-state index in [0.29, 0.717) is 18.5 Å². The maximum absolute atomic E-state index is 13.8. The van der Waals surface area contributed by atoms with Crippen LogP contribution in [0.2, 0.25) is 0 Å². The van der Waals surface area contributed by atoms with Crippen molar-refractivity contribution in [1.29, 1.82) is 0 Å². The summed E-state index contributed by atoms with van der Waals surface area (Å²) in [5.74, 6) is -2.68. The summed E-state index contributed by atoms with van der Waals surface area (Å²) in [6, 6.07) is 0. The Bertz CT molecular complexity index is 1410. The Morgan fingerprint density at radius 2 is 1.82 bits per heavy atom. The number of primary amides is 1. The Labute approximate surface area is 289 Å². The molecule has 4 N–H and O–H groups in total. The molecule has 1 aliphatic heterocycles. The molecule has 1 aliphatic carbocycles. The van der Waals surface area contributed by atoms with Crippen LogP contribution in [0.15, 0.2) is 71.1 Å². The molecule has 6 atom stereocenters. The molecule has 13 heteroatoms. The fourth-order valence-corrected chi connectivity index (χ4v) is 5.65. The smallest absolute Gasteiger partial charge is 0.405 e. The third kappa shape index (κ3) is 12.3. The highest BCUT2D eigenvalue weighted by Gasteiger charge is 2.35. The first kappa shape index (κ1) is 40.8. The van der Waals surface area contributed by atoms with Gasteiger partial charge in [-0.05, 0) is 52.3 Å². The van der Waals surface area contributed by atoms with Crippen LogP contribution >= 0.6 is 0 Å². The van der Waals surface area contributed by atoms with Crippen molar-refractivity contribution in [3.8, 4) is 0 Å². The van der Waals surface area contributed by atoms with Gasteiger partial charge in [0.1, 0.15) is 12.2 Å². The highest BCUT2D eigenvalue weighted by molar-refractivity contribution is 6.23. The highest BCUT2D eigenvalue weighted by Crippen LogP contribution is 2.30. The molecule has 0 aromatic heterocycles. The molecule has 1 heterocycles. The van der Waals surface area contributed by atoms with E-state index in [1.165, 1.54) is 20.3 Å². The molecule has 0 saturated heterocycles. The monoisotopic (exact) mass is 684 g/mol. The normalized spacial score (nSPS) is 28.8. The third-order valence-electron chi connectivity index (χ3n) is 8.21. The zero-order valence-corrected chi connectivity index (χ0v) is 29.9. The molecule has 0 fully saturated rings. The number of esters is 1. The summed E-state index contributed by atoms with van der Waals surface area (Å²) in [6.45, 7) is 11.5. The first-order valence-corrected chi connectivity index (χ1v) is 16.2. The topological polar surface area (TPSA) is 176 Å². The van der Waals surface area contributed by atoms with Crippen molar-refractivity contribution in [2.75, 3.05) is 41.4 Å². The van der Waals surface area contributed by atoms with Crippen molar-refractivity contribution < 1.29 is 42.9 Å². The number of ether oxygens (including phenoxy) is 4. The minimum atomic E-state index is -1.02. The van der Waals surface area contributed by atoms with Crippen molar-refractivity contribution in [3.05, 3.63) is 71.1 Å². The third-order valence-corrected chi connectivity index (χ3v) is 8.21. The maximum Gasteiger partial charge on any atom is 0.405 e. The Morgan fingerprint density at radius 1 is 1.12 bits per heavy atom. The standard InChI is InChI=1S/C36H52N4O9/c1-10-15-38-31-25-17-21(2)18-29(47-9)34(48-30(42)14-16-40(6)7)24(5)19-23(4)33(49-36(37)45)28(46-8)13-11-12-22(3)35(44)39-26(32(25)43)20-27(31)41/h10-13,19-21,24,28-29,33-34,38H,1,14-18H2,2-9H3,(H2,37,45)(H,39,44)/b13-11-,22-12+,23-19+/t21-,24+,28+,29+,33+,34+/m1/s1. The number of carbonyl (C=O) groups is 5. The Hall–Kier alpha value is -4.33. The Kier molecular flexibility index (Phi) is 16.3. The average molecular weight is 685 g/mol. The lowest BCUT2D eigenvalue weighted by atomic mass is 9.85. The van der Waals surface area contributed by atoms with Crippen LogP contribution in [0.4, 0.5) is 4.79 Å². The van der Waals surface area contributed by atoms with Gasteiger partial charge in [-0.3, -0.25) is 19.2 Å². The number of nitrogens with one attached hydrogen (secondary N) is 2. The van der Waals surface area contributed by atoms with Gasteiger partial charge >= 0.3 is 12.1 Å². The number of Topliss-reactive ketones (excluding diaryl/α,β-unsaturated/α-hetero) is 1. The molecule has 270 valence electrons. The number of carbonyl (C=O) groups excluding carboxylic acids is 5. The van der Waals surface area contributed by atoms with Crippen molar-refractivity contribution in [3.63, 3.8) is 0 Å². The molecule has 0 saturated carbocycles. The van der Waals surface area contributed by atoms with Crippen LogP contribution in [0, 0.1) is 11.8 Å². The number of hydrogen-bond donors (Lipinski definition) is 3. The van der Waals surface area contributed by atoms with Gasteiger partial charge < -0.3 is 40.2 Å². The van der Waals surface area contributed by atoms with E-state index in [9.17, 15) is 24.0 Å². The number of rotatable bonds is 10. The van der Waals surface area contributed by atoms with Crippen molar-refractivity contribution in [2.24, 2.45) is 17.6 Å². The lowest BCUT2D eigenvalue weighted by Crippen LogP contribution is -2.40. The van der Waals surface area contributed by atoms with Gasteiger partial charge in [-0.1, -0.05) is 44.2 Å². The van der Waals surface area contributed by atoms with Crippen LogP contribution in [0.5, 0.6) is 0 Å². The first-order chi connectivity index (χ1) is 23.1. The second kappa shape index (κ2) is 19.6. The van der Waals surface area contributed by atoms with E-state index < -0.39 is 59.9 Å². The lowest BCUT2D eigenvalue weighted by Gasteiger charge is -2.33. The van der Waals surface area contributed by atoms with Crippen LogP contribution in [0.25, 0.3) is 0 Å². The SMILES string of the molecule is C=CCNC1=C2C[C@@H](C)C[C@H](OC)[C@@H](OC(=O)CCN(C)C)[C@@H](C)/C=C(\C)[C@H](OC(N)=O)[C@@H](OC)/C=C\C=C(/C)C(=O)NC(=CC1=O)C2=O. The summed E-state index contributed by atoms with van der Waals surface area (Å²) in [6.07, 6.45) is 5.52. The minimum Gasteiger partial charge on any atom is -0.459 e. The van der Waals surface area contributed by atoms with Crippen LogP contribution < -0.4 is 16.4 Å². The first-order valence-electron chi connectivity index (χ1n) is 16.2. The zero-order valence-electron chi connectivity index (χ0n) is 29.9. The number of fused-ring (bicyclic) bond motifs is 2. The summed E-state index contributed by atoms with van der Waals surface area (Å²) >= 11 is 0. The number of nitrogens with two attached hydrogens (primary N) is 1. The molecule has 0 spiro atoms. The molecular weight excluding hydrogens is 632 g/mol. The predicted octanol–water partition coefficient (Wildman–Crippen LogP) is 3.04. The fraction of sp³-hybridized carbons (Fsp3) is 0.528. The van der Waals surface area contributed by atoms with Gasteiger partial charge in [0.2, 0.25) is 11.6 Å². The summed E-state index contributed by atoms with van der Waals surface area (Å²) in [5, 5.41) is 5.57. The number of ketones is 2. The van der Waals surface area contributed by atoms with Gasteiger partial charge in [0.25, 0.3) is 5.91 Å². The van der Waals surface area contributed by atoms with Gasteiger partial charge in [-0.25, -0.2) is 4.79 Å². The highest BCUT2D eigenvalue weighted by atomic mass is 16.6. The van der Waals surface area contributed by atoms with Crippen LogP contribution in [0.1, 0.15) is 47.0 Å². The van der Waals surface area contributed by atoms with Crippen LogP contribution in [-0.4, -0.2) is 100 Å². The van der Waals surface area contributed by atoms with Gasteiger partial charge in [0.05, 0.1) is 23.9 Å². The minimum absolute atomic E-state index is 0.134. The van der Waals surface area contributed by atoms with E-state index in [1.54, 1.807) is 32.1 Å². The van der Waals surface area contributed by atoms with Crippen LogP contribution in [-0.2, 0) is 38.1 Å². The number of methoxy groups -OCH3 is 2. The average Bonchev–Trinajstić information content (AvgIpc) is 3.03. The second-order valence-electron chi connectivity index (χ2n) is 12.6. The summed E-state index contributed by atoms with van der Waals surface area (Å²) < 4.78 is 23.1. The second-order valence-corrected chi connectivity index (χ2v) is 12.6. The number of allylic oxidation sites excluding steroid dienone is 4. The van der Waals surface area contributed by atoms with Gasteiger partial charge in [0, 0.05) is 50.4 Å². The van der Waals surface area contributed by atoms with Crippen LogP contribution in [0.3, 0.4) is 0 Å². The summed E-state index contributed by atoms with van der Waals surface area (Å²) in [5.41, 5.74) is 6.44. The van der Waals surface area contributed by atoms with E-state index in [-0.39, 0.29) is 47.8 Å². The van der Waals surface area contributed by atoms with Gasteiger partial charge in [-0.2, -0.15) is 0 Å². The molecule has 0 aromatic rings. The quantitative estimate of drug-likeness (QED) is 0.175. The predicted molar refractivity (Wildman–Crippen MR) is 185 cm³/mol. The molecule has 0 unspecified atom stereocenters. The van der Waals surface area contributed by atoms with Crippen molar-refractivity contribution in [1.82, 2.24) is 15.5 Å². The van der Waals surface area contributed by atoms with E-state index in [4.69, 9.17) is 24.7 Å². The molecule has 0 radical (unpaired) electrons. The number of hydrogen-bond acceptors (Lipinski definition) is 11. The maximum atomic E-state index is 13.8. The van der Waals surface area contributed by atoms with Crippen molar-refractivity contribution in [2.45, 2.75) is 71.4 Å². The molecule has 2 aliphatic rings. The van der Waals surface area contributed by atoms with E-state index in [1.807, 2.05) is 38.9 Å². The molecule has 2 amide bonds. The van der Waals surface area contributed by atoms with Gasteiger partial charge in [-0.15, -0.1) is 6.58 Å². The largest absolute Gasteiger partial charge is 0.459 e. The summed E-state index contributed by atoms with van der Waals surface area (Å²) in [4.78, 5) is 67.1. The van der Waals surface area contributed by atoms with E-state index in [0.717, 1.165) is 6.08 Å².